The number of nitrogens with zero attached hydrogens (tertiary/aromatic N) is 1. The Morgan fingerprint density at radius 1 is 1.61 bits per heavy atom. The number of fused-ring (bicyclic) bond motifs is 2. The number of carbonyl (C=O) groups excluding carboxylic acids is 2. The molecule has 0 unspecified atom stereocenters. The van der Waals surface area contributed by atoms with Crippen LogP contribution in [0.3, 0.4) is 0 Å². The molecule has 3 rings (SSSR count). The lowest BCUT2D eigenvalue weighted by Crippen LogP contribution is -2.59. The summed E-state index contributed by atoms with van der Waals surface area (Å²) in [5, 5.41) is 12.5. The van der Waals surface area contributed by atoms with Gasteiger partial charge in [-0.15, -0.1) is 0 Å². The van der Waals surface area contributed by atoms with Crippen molar-refractivity contribution in [3.63, 3.8) is 0 Å². The van der Waals surface area contributed by atoms with E-state index in [2.05, 4.69) is 5.32 Å². The Morgan fingerprint density at radius 3 is 3.00 bits per heavy atom. The molecule has 1 fully saturated rings. The summed E-state index contributed by atoms with van der Waals surface area (Å²) in [5.41, 5.74) is -2.92. The summed E-state index contributed by atoms with van der Waals surface area (Å²) >= 11 is 0. The van der Waals surface area contributed by atoms with Crippen molar-refractivity contribution in [3.05, 3.63) is 29.6 Å². The molecule has 2 aliphatic rings. The molecule has 1 aromatic carbocycles. The van der Waals surface area contributed by atoms with Crippen molar-refractivity contribution in [1.29, 1.82) is 5.26 Å². The SMILES string of the molecule is CCOC(=O)[C@]1(C)NC[C@@]2(C#N)C(=O)c3cc(F)ccc3O[C@H]21. The predicted octanol–water partition coefficient (Wildman–Crippen LogP) is 1.20. The largest absolute Gasteiger partial charge is 0.485 e. The van der Waals surface area contributed by atoms with E-state index in [1.165, 1.54) is 13.0 Å². The molecule has 1 N–H and O–H groups in total. The predicted molar refractivity (Wildman–Crippen MR) is 76.2 cm³/mol. The van der Waals surface area contributed by atoms with Crippen LogP contribution >= 0.6 is 0 Å². The van der Waals surface area contributed by atoms with E-state index >= 15 is 0 Å². The Bertz CT molecular complexity index is 744. The Balaban J connectivity index is 2.12. The third-order valence-corrected chi connectivity index (χ3v) is 4.44. The number of ether oxygens (including phenoxy) is 2. The van der Waals surface area contributed by atoms with Gasteiger partial charge in [-0.25, -0.2) is 9.18 Å². The molecule has 7 heteroatoms. The molecule has 120 valence electrons. The van der Waals surface area contributed by atoms with E-state index in [1.54, 1.807) is 6.92 Å². The number of rotatable bonds is 2. The van der Waals surface area contributed by atoms with Crippen molar-refractivity contribution in [2.45, 2.75) is 25.5 Å². The monoisotopic (exact) mass is 318 g/mol. The Hall–Kier alpha value is -2.46. The first-order valence-corrected chi connectivity index (χ1v) is 7.23. The topological polar surface area (TPSA) is 88.4 Å². The lowest BCUT2D eigenvalue weighted by molar-refractivity contribution is -0.153. The molecule has 0 aromatic heterocycles. The highest BCUT2D eigenvalue weighted by molar-refractivity contribution is 6.07. The Kier molecular flexibility index (Phi) is 3.38. The zero-order valence-electron chi connectivity index (χ0n) is 12.7. The summed E-state index contributed by atoms with van der Waals surface area (Å²) in [6, 6.07) is 5.51. The lowest BCUT2D eigenvalue weighted by Gasteiger charge is -2.38. The number of ketones is 1. The molecular formula is C16H15FN2O4. The number of nitriles is 1. The van der Waals surface area contributed by atoms with Crippen LogP contribution in [0.2, 0.25) is 0 Å². The lowest BCUT2D eigenvalue weighted by atomic mass is 9.72. The van der Waals surface area contributed by atoms with Crippen molar-refractivity contribution in [1.82, 2.24) is 5.32 Å². The van der Waals surface area contributed by atoms with Crippen LogP contribution in [0.25, 0.3) is 0 Å². The number of esters is 1. The van der Waals surface area contributed by atoms with Gasteiger partial charge in [0.05, 0.1) is 18.2 Å². The molecule has 2 aliphatic heterocycles. The minimum absolute atomic E-state index is 0.0118. The van der Waals surface area contributed by atoms with Crippen molar-refractivity contribution in [2.24, 2.45) is 5.41 Å². The summed E-state index contributed by atoms with van der Waals surface area (Å²) in [5.74, 6) is -1.58. The third-order valence-electron chi connectivity index (χ3n) is 4.44. The first-order chi connectivity index (χ1) is 10.9. The average molecular weight is 318 g/mol. The molecule has 0 radical (unpaired) electrons. The van der Waals surface area contributed by atoms with Crippen LogP contribution in [0.1, 0.15) is 24.2 Å². The van der Waals surface area contributed by atoms with Gasteiger partial charge in [0.1, 0.15) is 11.6 Å². The Morgan fingerprint density at radius 2 is 2.35 bits per heavy atom. The number of hydrogen-bond donors (Lipinski definition) is 1. The van der Waals surface area contributed by atoms with Gasteiger partial charge >= 0.3 is 5.97 Å². The normalized spacial score (nSPS) is 31.6. The first-order valence-electron chi connectivity index (χ1n) is 7.23. The number of hydrogen-bond acceptors (Lipinski definition) is 6. The first kappa shape index (κ1) is 15.4. The highest BCUT2D eigenvalue weighted by atomic mass is 19.1. The third kappa shape index (κ3) is 1.95. The fourth-order valence-corrected chi connectivity index (χ4v) is 3.18. The summed E-state index contributed by atoms with van der Waals surface area (Å²) in [6.07, 6.45) is -1.05. The fourth-order valence-electron chi connectivity index (χ4n) is 3.18. The standard InChI is InChI=1S/C16H15FN2O4/c1-3-22-14(21)15(2)13-16(7-18,8-19-15)12(20)10-6-9(17)4-5-11(10)23-13/h4-6,13,19H,3,8H2,1-2H3/t13-,15+,16-/m0/s1. The van der Waals surface area contributed by atoms with Gasteiger partial charge in [0.15, 0.2) is 22.8 Å². The van der Waals surface area contributed by atoms with Crippen molar-refractivity contribution < 1.29 is 23.5 Å². The maximum Gasteiger partial charge on any atom is 0.330 e. The molecule has 0 bridgehead atoms. The molecule has 0 saturated carbocycles. The van der Waals surface area contributed by atoms with Crippen LogP contribution in [0, 0.1) is 22.6 Å². The molecule has 1 saturated heterocycles. The molecule has 1 aromatic rings. The van der Waals surface area contributed by atoms with E-state index in [1.807, 2.05) is 6.07 Å². The molecule has 0 amide bonds. The number of nitrogens with one attached hydrogen (secondary N) is 1. The van der Waals surface area contributed by atoms with Gasteiger partial charge in [0, 0.05) is 6.54 Å². The van der Waals surface area contributed by atoms with Gasteiger partial charge < -0.3 is 9.47 Å². The number of Topliss-reactive ketones (excluding diaryl/α,β-unsaturated/α-hetero) is 1. The zero-order valence-corrected chi connectivity index (χ0v) is 12.7. The van der Waals surface area contributed by atoms with Crippen molar-refractivity contribution in [3.8, 4) is 11.8 Å². The summed E-state index contributed by atoms with van der Waals surface area (Å²) in [7, 11) is 0. The highest BCUT2D eigenvalue weighted by Gasteiger charge is 2.67. The second-order valence-corrected chi connectivity index (χ2v) is 5.83. The van der Waals surface area contributed by atoms with E-state index in [0.717, 1.165) is 12.1 Å². The minimum atomic E-state index is -1.59. The van der Waals surface area contributed by atoms with Crippen LogP contribution in [-0.4, -0.2) is 36.5 Å². The maximum atomic E-state index is 13.4. The van der Waals surface area contributed by atoms with Gasteiger partial charge in [-0.05, 0) is 32.0 Å². The van der Waals surface area contributed by atoms with Crippen molar-refractivity contribution in [2.75, 3.05) is 13.2 Å². The van der Waals surface area contributed by atoms with Crippen molar-refractivity contribution >= 4 is 11.8 Å². The Labute approximate surface area is 132 Å². The van der Waals surface area contributed by atoms with Gasteiger partial charge in [-0.3, -0.25) is 10.1 Å². The van der Waals surface area contributed by atoms with Gasteiger partial charge in [0.2, 0.25) is 0 Å². The van der Waals surface area contributed by atoms with E-state index in [0.29, 0.717) is 0 Å². The fraction of sp³-hybridized carbons (Fsp3) is 0.438. The number of halogens is 1. The average Bonchev–Trinajstić information content (AvgIpc) is 2.84. The van der Waals surface area contributed by atoms with E-state index in [9.17, 15) is 19.2 Å². The van der Waals surface area contributed by atoms with E-state index < -0.39 is 34.6 Å². The molecule has 6 nitrogen and oxygen atoms in total. The number of benzene rings is 1. The van der Waals surface area contributed by atoms with E-state index in [-0.39, 0.29) is 24.5 Å². The zero-order chi connectivity index (χ0) is 16.8. The highest BCUT2D eigenvalue weighted by Crippen LogP contribution is 2.46. The quantitative estimate of drug-likeness (QED) is 0.825. The van der Waals surface area contributed by atoms with E-state index in [4.69, 9.17) is 9.47 Å². The summed E-state index contributed by atoms with van der Waals surface area (Å²) < 4.78 is 24.3. The molecule has 23 heavy (non-hydrogen) atoms. The van der Waals surface area contributed by atoms with Crippen LogP contribution in [-0.2, 0) is 9.53 Å². The van der Waals surface area contributed by atoms with Gasteiger partial charge in [-0.2, -0.15) is 5.26 Å². The second-order valence-electron chi connectivity index (χ2n) is 5.83. The molecular weight excluding hydrogens is 303 g/mol. The summed E-state index contributed by atoms with van der Waals surface area (Å²) in [6.45, 7) is 3.30. The second kappa shape index (κ2) is 5.03. The molecule has 0 spiro atoms. The maximum absolute atomic E-state index is 13.4. The number of carbonyl (C=O) groups is 2. The molecule has 3 atom stereocenters. The molecule has 2 heterocycles. The van der Waals surface area contributed by atoms with Crippen LogP contribution in [0.15, 0.2) is 18.2 Å². The smallest absolute Gasteiger partial charge is 0.330 e. The van der Waals surface area contributed by atoms with Gasteiger partial charge in [-0.1, -0.05) is 0 Å². The molecule has 0 aliphatic carbocycles. The van der Waals surface area contributed by atoms with Crippen LogP contribution in [0.4, 0.5) is 4.39 Å². The van der Waals surface area contributed by atoms with Crippen LogP contribution in [0.5, 0.6) is 5.75 Å². The summed E-state index contributed by atoms with van der Waals surface area (Å²) in [4.78, 5) is 25.1. The minimum Gasteiger partial charge on any atom is -0.485 e. The van der Waals surface area contributed by atoms with Crippen LogP contribution < -0.4 is 10.1 Å². The van der Waals surface area contributed by atoms with Gasteiger partial charge in [0.25, 0.3) is 0 Å².